The summed E-state index contributed by atoms with van der Waals surface area (Å²) in [7, 11) is 1.65. The van der Waals surface area contributed by atoms with Gasteiger partial charge in [-0.05, 0) is 41.6 Å². The molecule has 0 aliphatic heterocycles. The predicted molar refractivity (Wildman–Crippen MR) is 92.8 cm³/mol. The van der Waals surface area contributed by atoms with Crippen molar-refractivity contribution < 1.29 is 4.74 Å². The van der Waals surface area contributed by atoms with Gasteiger partial charge in [-0.25, -0.2) is 0 Å². The van der Waals surface area contributed by atoms with Crippen molar-refractivity contribution in [3.63, 3.8) is 0 Å². The van der Waals surface area contributed by atoms with Crippen LogP contribution in [-0.2, 0) is 13.1 Å². The Labute approximate surface area is 135 Å². The van der Waals surface area contributed by atoms with E-state index in [0.29, 0.717) is 13.1 Å². The maximum absolute atomic E-state index is 12.2. The number of fused-ring (bicyclic) bond motifs is 1. The van der Waals surface area contributed by atoms with Crippen LogP contribution in [-0.4, -0.2) is 12.1 Å². The molecule has 2 N–H and O–H groups in total. The molecule has 0 spiro atoms. The van der Waals surface area contributed by atoms with Crippen LogP contribution in [0.2, 0.25) is 0 Å². The molecule has 3 aromatic rings. The molecule has 0 atom stereocenters. The minimum Gasteiger partial charge on any atom is -0.497 e. The third kappa shape index (κ3) is 3.43. The molecule has 0 unspecified atom stereocenters. The molecule has 2 aromatic carbocycles. The van der Waals surface area contributed by atoms with E-state index in [0.717, 1.165) is 33.3 Å². The first-order valence-electron chi connectivity index (χ1n) is 7.62. The molecular formula is C19H20N2O2. The van der Waals surface area contributed by atoms with Crippen LogP contribution in [0.1, 0.15) is 16.7 Å². The zero-order valence-corrected chi connectivity index (χ0v) is 13.3. The lowest BCUT2D eigenvalue weighted by Gasteiger charge is -2.08. The van der Waals surface area contributed by atoms with E-state index in [1.165, 1.54) is 0 Å². The van der Waals surface area contributed by atoms with Gasteiger partial charge in [-0.15, -0.1) is 0 Å². The van der Waals surface area contributed by atoms with Crippen molar-refractivity contribution in [3.05, 3.63) is 75.6 Å². The van der Waals surface area contributed by atoms with Crippen LogP contribution in [0.3, 0.4) is 0 Å². The monoisotopic (exact) mass is 308 g/mol. The fourth-order valence-electron chi connectivity index (χ4n) is 2.64. The third-order valence-corrected chi connectivity index (χ3v) is 3.97. The van der Waals surface area contributed by atoms with Gasteiger partial charge in [-0.2, -0.15) is 0 Å². The molecule has 0 aliphatic carbocycles. The van der Waals surface area contributed by atoms with Crippen molar-refractivity contribution in [2.45, 2.75) is 20.0 Å². The van der Waals surface area contributed by atoms with Gasteiger partial charge in [0.25, 0.3) is 5.56 Å². The van der Waals surface area contributed by atoms with E-state index in [1.54, 1.807) is 7.11 Å². The molecular weight excluding hydrogens is 288 g/mol. The third-order valence-electron chi connectivity index (χ3n) is 3.97. The minimum atomic E-state index is -0.0333. The van der Waals surface area contributed by atoms with Crippen molar-refractivity contribution in [2.75, 3.05) is 7.11 Å². The molecule has 4 heteroatoms. The van der Waals surface area contributed by atoms with E-state index in [-0.39, 0.29) is 5.56 Å². The fraction of sp³-hybridized carbons (Fsp3) is 0.211. The van der Waals surface area contributed by atoms with Crippen molar-refractivity contribution in [3.8, 4) is 5.75 Å². The van der Waals surface area contributed by atoms with Crippen molar-refractivity contribution >= 4 is 10.9 Å². The van der Waals surface area contributed by atoms with Gasteiger partial charge < -0.3 is 15.0 Å². The summed E-state index contributed by atoms with van der Waals surface area (Å²) < 4.78 is 5.14. The van der Waals surface area contributed by atoms with Crippen LogP contribution in [0, 0.1) is 6.92 Å². The number of hydrogen-bond acceptors (Lipinski definition) is 3. The van der Waals surface area contributed by atoms with E-state index in [9.17, 15) is 4.79 Å². The Morgan fingerprint density at radius 2 is 1.87 bits per heavy atom. The maximum Gasteiger partial charge on any atom is 0.252 e. The first kappa shape index (κ1) is 15.3. The smallest absolute Gasteiger partial charge is 0.252 e. The summed E-state index contributed by atoms with van der Waals surface area (Å²) in [5.74, 6) is 0.843. The molecule has 0 saturated heterocycles. The van der Waals surface area contributed by atoms with Gasteiger partial charge in [0.15, 0.2) is 0 Å². The lowest BCUT2D eigenvalue weighted by Crippen LogP contribution is -2.20. The van der Waals surface area contributed by atoms with E-state index >= 15 is 0 Å². The van der Waals surface area contributed by atoms with Crippen LogP contribution in [0.15, 0.2) is 53.3 Å². The van der Waals surface area contributed by atoms with Crippen molar-refractivity contribution in [1.29, 1.82) is 0 Å². The highest BCUT2D eigenvalue weighted by molar-refractivity contribution is 5.81. The Morgan fingerprint density at radius 1 is 1.09 bits per heavy atom. The van der Waals surface area contributed by atoms with Crippen LogP contribution in [0.4, 0.5) is 0 Å². The number of para-hydroxylation sites is 1. The zero-order chi connectivity index (χ0) is 16.2. The molecule has 4 nitrogen and oxygen atoms in total. The van der Waals surface area contributed by atoms with E-state index < -0.39 is 0 Å². The predicted octanol–water partition coefficient (Wildman–Crippen LogP) is 3.13. The number of aryl methyl sites for hydroxylation is 1. The number of hydrogen-bond donors (Lipinski definition) is 2. The van der Waals surface area contributed by atoms with E-state index in [1.807, 2.05) is 55.5 Å². The van der Waals surface area contributed by atoms with Gasteiger partial charge in [0.05, 0.1) is 12.6 Å². The average molecular weight is 308 g/mol. The van der Waals surface area contributed by atoms with Gasteiger partial charge in [-0.1, -0.05) is 30.3 Å². The molecule has 23 heavy (non-hydrogen) atoms. The quantitative estimate of drug-likeness (QED) is 0.761. The summed E-state index contributed by atoms with van der Waals surface area (Å²) in [5.41, 5.74) is 3.86. The molecule has 0 radical (unpaired) electrons. The van der Waals surface area contributed by atoms with Crippen LogP contribution >= 0.6 is 0 Å². The van der Waals surface area contributed by atoms with Gasteiger partial charge in [0.1, 0.15) is 5.75 Å². The number of aromatic nitrogens is 1. The lowest BCUT2D eigenvalue weighted by molar-refractivity contribution is 0.414. The fourth-order valence-corrected chi connectivity index (χ4v) is 2.64. The minimum absolute atomic E-state index is 0.0333. The Bertz CT molecular complexity index is 867. The summed E-state index contributed by atoms with van der Waals surface area (Å²) in [5, 5.41) is 4.38. The standard InChI is InChI=1S/C19H20N2O2/c1-13-4-3-5-15-10-16(19(22)21-18(13)15)12-20-11-14-6-8-17(23-2)9-7-14/h3-10,20H,11-12H2,1-2H3,(H,21,22). The highest BCUT2D eigenvalue weighted by Crippen LogP contribution is 2.15. The van der Waals surface area contributed by atoms with Crippen LogP contribution in [0.5, 0.6) is 5.75 Å². The number of nitrogens with one attached hydrogen (secondary N) is 2. The first-order chi connectivity index (χ1) is 11.2. The highest BCUT2D eigenvalue weighted by atomic mass is 16.5. The van der Waals surface area contributed by atoms with Crippen molar-refractivity contribution in [1.82, 2.24) is 10.3 Å². The second kappa shape index (κ2) is 6.67. The number of pyridine rings is 1. The largest absolute Gasteiger partial charge is 0.497 e. The lowest BCUT2D eigenvalue weighted by atomic mass is 10.1. The van der Waals surface area contributed by atoms with Gasteiger partial charge in [0.2, 0.25) is 0 Å². The molecule has 118 valence electrons. The van der Waals surface area contributed by atoms with Crippen molar-refractivity contribution in [2.24, 2.45) is 0 Å². The first-order valence-corrected chi connectivity index (χ1v) is 7.62. The average Bonchev–Trinajstić information content (AvgIpc) is 2.57. The second-order valence-corrected chi connectivity index (χ2v) is 5.61. The van der Waals surface area contributed by atoms with Gasteiger partial charge in [0, 0.05) is 18.7 Å². The molecule has 0 fully saturated rings. The Kier molecular flexibility index (Phi) is 4.44. The zero-order valence-electron chi connectivity index (χ0n) is 13.3. The summed E-state index contributed by atoms with van der Waals surface area (Å²) in [6.45, 7) is 3.24. The summed E-state index contributed by atoms with van der Waals surface area (Å²) in [4.78, 5) is 15.2. The summed E-state index contributed by atoms with van der Waals surface area (Å²) in [6, 6.07) is 15.9. The molecule has 0 saturated carbocycles. The number of ether oxygens (including phenoxy) is 1. The molecule has 0 amide bonds. The Hall–Kier alpha value is -2.59. The van der Waals surface area contributed by atoms with Crippen LogP contribution < -0.4 is 15.6 Å². The van der Waals surface area contributed by atoms with Crippen LogP contribution in [0.25, 0.3) is 10.9 Å². The van der Waals surface area contributed by atoms with Gasteiger partial charge >= 0.3 is 0 Å². The number of aromatic amines is 1. The number of H-pyrrole nitrogens is 1. The van der Waals surface area contributed by atoms with Gasteiger partial charge in [-0.3, -0.25) is 4.79 Å². The molecule has 0 bridgehead atoms. The second-order valence-electron chi connectivity index (χ2n) is 5.61. The molecule has 1 heterocycles. The number of benzene rings is 2. The SMILES string of the molecule is COc1ccc(CNCc2cc3cccc(C)c3[nH]c2=O)cc1. The highest BCUT2D eigenvalue weighted by Gasteiger charge is 2.04. The van der Waals surface area contributed by atoms with E-state index in [2.05, 4.69) is 10.3 Å². The normalized spacial score (nSPS) is 10.9. The van der Waals surface area contributed by atoms with E-state index in [4.69, 9.17) is 4.74 Å². The maximum atomic E-state index is 12.2. The molecule has 1 aromatic heterocycles. The Morgan fingerprint density at radius 3 is 2.61 bits per heavy atom. The number of rotatable bonds is 5. The Balaban J connectivity index is 1.71. The molecule has 0 aliphatic rings. The summed E-state index contributed by atoms with van der Waals surface area (Å²) in [6.07, 6.45) is 0. The topological polar surface area (TPSA) is 54.1 Å². The summed E-state index contributed by atoms with van der Waals surface area (Å²) >= 11 is 0. The molecule has 3 rings (SSSR count). The number of methoxy groups -OCH3 is 1.